The van der Waals surface area contributed by atoms with Gasteiger partial charge in [0.25, 0.3) is 0 Å². The van der Waals surface area contributed by atoms with Crippen LogP contribution in [0, 0.1) is 6.92 Å². The third kappa shape index (κ3) is 4.33. The van der Waals surface area contributed by atoms with Crippen LogP contribution in [0.4, 0.5) is 5.82 Å². The van der Waals surface area contributed by atoms with E-state index in [-0.39, 0.29) is 19.0 Å². The van der Waals surface area contributed by atoms with Gasteiger partial charge in [0.15, 0.2) is 0 Å². The molecule has 0 bridgehead atoms. The van der Waals surface area contributed by atoms with E-state index >= 15 is 0 Å². The summed E-state index contributed by atoms with van der Waals surface area (Å²) in [6.45, 7) is 3.66. The van der Waals surface area contributed by atoms with Crippen LogP contribution >= 0.6 is 0 Å². The zero-order valence-corrected chi connectivity index (χ0v) is 14.7. The summed E-state index contributed by atoms with van der Waals surface area (Å²) in [7, 11) is 1.72. The normalized spacial score (nSPS) is 20.5. The Morgan fingerprint density at radius 1 is 1.44 bits per heavy atom. The van der Waals surface area contributed by atoms with Gasteiger partial charge in [-0.25, -0.2) is 9.97 Å². The van der Waals surface area contributed by atoms with E-state index in [1.165, 1.54) is 6.33 Å². The van der Waals surface area contributed by atoms with Crippen molar-refractivity contribution in [3.63, 3.8) is 0 Å². The van der Waals surface area contributed by atoms with Gasteiger partial charge in [0, 0.05) is 44.3 Å². The Kier molecular flexibility index (Phi) is 4.98. The van der Waals surface area contributed by atoms with Gasteiger partial charge in [-0.2, -0.15) is 5.10 Å². The van der Waals surface area contributed by atoms with Gasteiger partial charge >= 0.3 is 0 Å². The van der Waals surface area contributed by atoms with Crippen LogP contribution in [0.15, 0.2) is 30.9 Å². The molecule has 0 saturated carbocycles. The Bertz CT molecular complexity index is 720. The molecule has 1 saturated heterocycles. The van der Waals surface area contributed by atoms with Gasteiger partial charge < -0.3 is 14.9 Å². The summed E-state index contributed by atoms with van der Waals surface area (Å²) >= 11 is 0. The summed E-state index contributed by atoms with van der Waals surface area (Å²) in [5, 5.41) is 15.1. The maximum Gasteiger partial charge on any atom is 0.244 e. The molecule has 1 aliphatic rings. The van der Waals surface area contributed by atoms with Crippen LogP contribution in [-0.4, -0.2) is 67.9 Å². The lowest BCUT2D eigenvalue weighted by molar-refractivity contribution is -0.134. The zero-order chi connectivity index (χ0) is 17.9. The molecule has 3 heterocycles. The van der Waals surface area contributed by atoms with E-state index < -0.39 is 5.60 Å². The average Bonchev–Trinajstić information content (AvgIpc) is 3.07. The zero-order valence-electron chi connectivity index (χ0n) is 14.7. The van der Waals surface area contributed by atoms with E-state index in [1.807, 2.05) is 13.0 Å². The quantitative estimate of drug-likeness (QED) is 0.848. The summed E-state index contributed by atoms with van der Waals surface area (Å²) in [5.74, 6) is 0.739. The number of carbonyl (C=O) groups is 1. The van der Waals surface area contributed by atoms with Crippen molar-refractivity contribution in [1.82, 2.24) is 24.6 Å². The number of nitrogens with zero attached hydrogens (tertiary/aromatic N) is 6. The minimum absolute atomic E-state index is 0.0767. The van der Waals surface area contributed by atoms with Crippen LogP contribution in [-0.2, 0) is 11.3 Å². The van der Waals surface area contributed by atoms with Crippen LogP contribution in [0.5, 0.6) is 0 Å². The number of piperidine rings is 1. The second-order valence-electron chi connectivity index (χ2n) is 6.72. The highest BCUT2D eigenvalue weighted by atomic mass is 16.3. The Morgan fingerprint density at radius 3 is 3.00 bits per heavy atom. The van der Waals surface area contributed by atoms with Gasteiger partial charge in [-0.05, 0) is 25.8 Å². The monoisotopic (exact) mass is 344 g/mol. The molecule has 8 nitrogen and oxygen atoms in total. The highest BCUT2D eigenvalue weighted by molar-refractivity contribution is 5.75. The van der Waals surface area contributed by atoms with Crippen LogP contribution in [0.25, 0.3) is 0 Å². The number of anilines is 1. The summed E-state index contributed by atoms with van der Waals surface area (Å²) < 4.78 is 1.58. The maximum atomic E-state index is 12.3. The molecule has 0 aliphatic carbocycles. The molecule has 0 aromatic carbocycles. The van der Waals surface area contributed by atoms with Gasteiger partial charge in [-0.3, -0.25) is 9.48 Å². The molecule has 134 valence electrons. The largest absolute Gasteiger partial charge is 0.386 e. The van der Waals surface area contributed by atoms with E-state index in [4.69, 9.17) is 0 Å². The first-order valence-electron chi connectivity index (χ1n) is 8.43. The fourth-order valence-corrected chi connectivity index (χ4v) is 3.23. The number of hydrogen-bond donors (Lipinski definition) is 1. The number of amides is 1. The van der Waals surface area contributed by atoms with Crippen LogP contribution < -0.4 is 4.90 Å². The lowest BCUT2D eigenvalue weighted by Crippen LogP contribution is -2.55. The molecule has 1 amide bonds. The third-order valence-corrected chi connectivity index (χ3v) is 4.48. The van der Waals surface area contributed by atoms with Crippen molar-refractivity contribution in [2.75, 3.05) is 31.6 Å². The molecule has 1 N–H and O–H groups in total. The van der Waals surface area contributed by atoms with Crippen molar-refractivity contribution in [3.8, 4) is 0 Å². The lowest BCUT2D eigenvalue weighted by Gasteiger charge is -2.41. The van der Waals surface area contributed by atoms with E-state index in [1.54, 1.807) is 35.1 Å². The van der Waals surface area contributed by atoms with E-state index in [0.29, 0.717) is 13.0 Å². The molecule has 1 aliphatic heterocycles. The van der Waals surface area contributed by atoms with Crippen molar-refractivity contribution >= 4 is 11.7 Å². The molecule has 0 spiro atoms. The molecule has 8 heteroatoms. The van der Waals surface area contributed by atoms with Gasteiger partial charge in [-0.1, -0.05) is 0 Å². The van der Waals surface area contributed by atoms with Crippen molar-refractivity contribution < 1.29 is 9.90 Å². The lowest BCUT2D eigenvalue weighted by atomic mass is 9.92. The number of hydrogen-bond acceptors (Lipinski definition) is 6. The fourth-order valence-electron chi connectivity index (χ4n) is 3.23. The highest BCUT2D eigenvalue weighted by Crippen LogP contribution is 2.25. The van der Waals surface area contributed by atoms with Gasteiger partial charge in [0.2, 0.25) is 5.91 Å². The van der Waals surface area contributed by atoms with Crippen molar-refractivity contribution in [3.05, 3.63) is 36.5 Å². The summed E-state index contributed by atoms with van der Waals surface area (Å²) in [4.78, 5) is 24.4. The Balaban J connectivity index is 1.63. The predicted molar refractivity (Wildman–Crippen MR) is 93.0 cm³/mol. The molecule has 25 heavy (non-hydrogen) atoms. The molecule has 3 rings (SSSR count). The standard InChI is InChI=1S/C17H24N6O2/c1-14-9-15(19-13-18-14)22-7-3-5-17(25,12-22)11-21(2)16(24)10-23-8-4-6-20-23/h4,6,8-9,13,25H,3,5,7,10-12H2,1-2H3/t17-/m1/s1. The molecule has 2 aromatic heterocycles. The number of aromatic nitrogens is 4. The van der Waals surface area contributed by atoms with Crippen molar-refractivity contribution in [2.45, 2.75) is 31.9 Å². The van der Waals surface area contributed by atoms with E-state index in [9.17, 15) is 9.90 Å². The van der Waals surface area contributed by atoms with Crippen LogP contribution in [0.1, 0.15) is 18.5 Å². The number of carbonyl (C=O) groups excluding carboxylic acids is 1. The second kappa shape index (κ2) is 7.18. The summed E-state index contributed by atoms with van der Waals surface area (Å²) in [6.07, 6.45) is 6.44. The SMILES string of the molecule is Cc1cc(N2CCC[C@@](O)(CN(C)C(=O)Cn3cccn3)C2)ncn1. The molecule has 1 fully saturated rings. The summed E-state index contributed by atoms with van der Waals surface area (Å²) in [6, 6.07) is 3.70. The molecule has 1 atom stereocenters. The van der Waals surface area contributed by atoms with E-state index in [0.717, 1.165) is 24.5 Å². The number of aliphatic hydroxyl groups is 1. The number of rotatable bonds is 5. The smallest absolute Gasteiger partial charge is 0.244 e. The maximum absolute atomic E-state index is 12.3. The Labute approximate surface area is 147 Å². The number of aryl methyl sites for hydroxylation is 1. The average molecular weight is 344 g/mol. The van der Waals surface area contributed by atoms with Crippen LogP contribution in [0.3, 0.4) is 0 Å². The van der Waals surface area contributed by atoms with Gasteiger partial charge in [0.05, 0.1) is 12.1 Å². The van der Waals surface area contributed by atoms with Crippen molar-refractivity contribution in [2.24, 2.45) is 0 Å². The topological polar surface area (TPSA) is 87.4 Å². The van der Waals surface area contributed by atoms with Crippen LogP contribution in [0.2, 0.25) is 0 Å². The molecular weight excluding hydrogens is 320 g/mol. The van der Waals surface area contributed by atoms with Crippen molar-refractivity contribution in [1.29, 1.82) is 0 Å². The minimum Gasteiger partial charge on any atom is -0.386 e. The molecule has 2 aromatic rings. The number of likely N-dealkylation sites (N-methyl/N-ethyl adjacent to an activating group) is 1. The predicted octanol–water partition coefficient (Wildman–Crippen LogP) is 0.471. The first kappa shape index (κ1) is 17.3. The minimum atomic E-state index is -0.953. The third-order valence-electron chi connectivity index (χ3n) is 4.48. The summed E-state index contributed by atoms with van der Waals surface area (Å²) in [5.41, 5.74) is -0.0586. The number of β-amino-alcohol motifs (C(OH)–C–C–N with tert-alkyl or cyclic N) is 1. The molecule has 0 radical (unpaired) electrons. The Morgan fingerprint density at radius 2 is 2.28 bits per heavy atom. The second-order valence-corrected chi connectivity index (χ2v) is 6.72. The van der Waals surface area contributed by atoms with E-state index in [2.05, 4.69) is 20.0 Å². The highest BCUT2D eigenvalue weighted by Gasteiger charge is 2.36. The Hall–Kier alpha value is -2.48. The van der Waals surface area contributed by atoms with Gasteiger partial charge in [-0.15, -0.1) is 0 Å². The molecule has 0 unspecified atom stereocenters. The van der Waals surface area contributed by atoms with Gasteiger partial charge in [0.1, 0.15) is 18.7 Å². The first-order chi connectivity index (χ1) is 12.0. The first-order valence-corrected chi connectivity index (χ1v) is 8.43. The molecular formula is C17H24N6O2. The fraction of sp³-hybridized carbons (Fsp3) is 0.529.